The molecule has 0 aliphatic carbocycles. The Hall–Kier alpha value is -3.13. The third-order valence-corrected chi connectivity index (χ3v) is 5.39. The van der Waals surface area contributed by atoms with Gasteiger partial charge in [0.25, 0.3) is 11.1 Å². The van der Waals surface area contributed by atoms with Gasteiger partial charge in [-0.25, -0.2) is 9.97 Å². The van der Waals surface area contributed by atoms with Gasteiger partial charge in [-0.3, -0.25) is 14.9 Å². The van der Waals surface area contributed by atoms with E-state index in [2.05, 4.69) is 38.2 Å². The Labute approximate surface area is 167 Å². The number of thioether (sulfide) groups is 1. The van der Waals surface area contributed by atoms with Gasteiger partial charge < -0.3 is 10.2 Å². The monoisotopic (exact) mass is 393 g/mol. The summed E-state index contributed by atoms with van der Waals surface area (Å²) in [5.74, 6) is 0.196. The first kappa shape index (κ1) is 18.2. The second-order valence-electron chi connectivity index (χ2n) is 6.46. The summed E-state index contributed by atoms with van der Waals surface area (Å²) in [5.41, 5.74) is 3.91. The van der Waals surface area contributed by atoms with Crippen LogP contribution in [0.3, 0.4) is 0 Å². The SMILES string of the molecule is C=C1/C=C\C=C/CNC2=C1CN(c1nccc(/C=C3\SC(=O)NC3=O)n1)CC2. The van der Waals surface area contributed by atoms with Gasteiger partial charge in [-0.1, -0.05) is 30.9 Å². The zero-order chi connectivity index (χ0) is 19.5. The summed E-state index contributed by atoms with van der Waals surface area (Å²) in [4.78, 5) is 34.5. The average molecular weight is 393 g/mol. The van der Waals surface area contributed by atoms with Crippen molar-refractivity contribution in [3.63, 3.8) is 0 Å². The summed E-state index contributed by atoms with van der Waals surface area (Å²) in [6.45, 7) is 6.41. The third-order valence-electron chi connectivity index (χ3n) is 4.58. The second kappa shape index (κ2) is 7.85. The van der Waals surface area contributed by atoms with Crippen LogP contribution < -0.4 is 15.5 Å². The molecule has 0 spiro atoms. The number of aromatic nitrogens is 2. The fourth-order valence-corrected chi connectivity index (χ4v) is 3.84. The van der Waals surface area contributed by atoms with Gasteiger partial charge in [0.1, 0.15) is 0 Å². The van der Waals surface area contributed by atoms with Crippen LogP contribution in [-0.2, 0) is 4.79 Å². The van der Waals surface area contributed by atoms with E-state index >= 15 is 0 Å². The molecule has 0 aromatic carbocycles. The maximum absolute atomic E-state index is 11.7. The minimum atomic E-state index is -0.392. The molecule has 0 bridgehead atoms. The number of carbonyl (C=O) groups is 2. The smallest absolute Gasteiger partial charge is 0.290 e. The topological polar surface area (TPSA) is 87.2 Å². The van der Waals surface area contributed by atoms with Crippen LogP contribution in [0.15, 0.2) is 64.9 Å². The molecule has 0 unspecified atom stereocenters. The molecule has 7 nitrogen and oxygen atoms in total. The molecular weight excluding hydrogens is 374 g/mol. The Morgan fingerprint density at radius 3 is 3.00 bits per heavy atom. The highest BCUT2D eigenvalue weighted by atomic mass is 32.2. The Balaban J connectivity index is 1.57. The van der Waals surface area contributed by atoms with Crippen LogP contribution in [0.2, 0.25) is 0 Å². The first-order chi connectivity index (χ1) is 13.6. The summed E-state index contributed by atoms with van der Waals surface area (Å²) in [5, 5.41) is 5.35. The van der Waals surface area contributed by atoms with E-state index in [-0.39, 0.29) is 5.24 Å². The van der Waals surface area contributed by atoms with Gasteiger partial charge in [0.2, 0.25) is 5.95 Å². The molecule has 2 amide bonds. The molecule has 4 rings (SSSR count). The van der Waals surface area contributed by atoms with Gasteiger partial charge in [-0.05, 0) is 35.1 Å². The number of rotatable bonds is 2. The molecule has 142 valence electrons. The van der Waals surface area contributed by atoms with Crippen molar-refractivity contribution in [2.45, 2.75) is 6.42 Å². The van der Waals surface area contributed by atoms with Gasteiger partial charge in [0.05, 0.1) is 10.6 Å². The molecule has 0 atom stereocenters. The van der Waals surface area contributed by atoms with E-state index < -0.39 is 5.91 Å². The van der Waals surface area contributed by atoms with Crippen LogP contribution in [0, 0.1) is 0 Å². The second-order valence-corrected chi connectivity index (χ2v) is 7.47. The van der Waals surface area contributed by atoms with Crippen LogP contribution in [0.25, 0.3) is 6.08 Å². The van der Waals surface area contributed by atoms with E-state index in [0.717, 1.165) is 42.4 Å². The number of allylic oxidation sites excluding steroid dienone is 3. The van der Waals surface area contributed by atoms with Crippen LogP contribution in [0.1, 0.15) is 12.1 Å². The van der Waals surface area contributed by atoms with E-state index in [1.165, 1.54) is 5.70 Å². The molecule has 2 N–H and O–H groups in total. The lowest BCUT2D eigenvalue weighted by Crippen LogP contribution is -2.36. The lowest BCUT2D eigenvalue weighted by Gasteiger charge is -2.31. The van der Waals surface area contributed by atoms with E-state index in [1.807, 2.05) is 18.2 Å². The van der Waals surface area contributed by atoms with Crippen LogP contribution >= 0.6 is 11.8 Å². The van der Waals surface area contributed by atoms with E-state index in [9.17, 15) is 9.59 Å². The van der Waals surface area contributed by atoms with Gasteiger partial charge in [-0.15, -0.1) is 0 Å². The molecule has 1 saturated heterocycles. The van der Waals surface area contributed by atoms with Crippen LogP contribution in [0.4, 0.5) is 10.7 Å². The average Bonchev–Trinajstić information content (AvgIpc) is 3.04. The van der Waals surface area contributed by atoms with Crippen molar-refractivity contribution in [2.24, 2.45) is 0 Å². The highest BCUT2D eigenvalue weighted by molar-refractivity contribution is 8.18. The Morgan fingerprint density at radius 1 is 1.29 bits per heavy atom. The number of hydrogen-bond donors (Lipinski definition) is 2. The lowest BCUT2D eigenvalue weighted by atomic mass is 9.99. The largest absolute Gasteiger partial charge is 0.385 e. The van der Waals surface area contributed by atoms with Gasteiger partial charge >= 0.3 is 0 Å². The van der Waals surface area contributed by atoms with Crippen molar-refractivity contribution in [1.29, 1.82) is 0 Å². The normalized spacial score (nSPS) is 23.5. The van der Waals surface area contributed by atoms with E-state index in [0.29, 0.717) is 23.1 Å². The van der Waals surface area contributed by atoms with Crippen molar-refractivity contribution < 1.29 is 9.59 Å². The zero-order valence-electron chi connectivity index (χ0n) is 15.1. The number of imide groups is 1. The maximum Gasteiger partial charge on any atom is 0.290 e. The summed E-state index contributed by atoms with van der Waals surface area (Å²) in [7, 11) is 0. The molecule has 1 aromatic rings. The first-order valence-electron chi connectivity index (χ1n) is 8.91. The van der Waals surface area contributed by atoms with Crippen LogP contribution in [0.5, 0.6) is 0 Å². The maximum atomic E-state index is 11.7. The highest BCUT2D eigenvalue weighted by Gasteiger charge is 2.26. The molecule has 1 aromatic heterocycles. The molecule has 3 aliphatic rings. The molecule has 3 aliphatic heterocycles. The quantitative estimate of drug-likeness (QED) is 0.747. The third kappa shape index (κ3) is 3.91. The number of nitrogens with one attached hydrogen (secondary N) is 2. The van der Waals surface area contributed by atoms with Gasteiger partial charge in [-0.2, -0.15) is 0 Å². The van der Waals surface area contributed by atoms with Crippen molar-refractivity contribution >= 4 is 34.9 Å². The standard InChI is InChI=1S/C20H19N5O2S/c1-13-5-3-2-4-8-21-16-7-10-25(12-15(13)16)19-22-9-6-14(23-19)11-17-18(26)24-20(27)28-17/h2-6,9,11,21H,1,7-8,10,12H2,(H,24,26,27)/b4-2-,5-3-,17-11-. The Bertz CT molecular complexity index is 977. The number of nitrogens with zero attached hydrogens (tertiary/aromatic N) is 3. The summed E-state index contributed by atoms with van der Waals surface area (Å²) >= 11 is 0.878. The number of amides is 2. The molecule has 0 saturated carbocycles. The molecular formula is C20H19N5O2S. The van der Waals surface area contributed by atoms with Crippen LogP contribution in [-0.4, -0.2) is 40.7 Å². The summed E-state index contributed by atoms with van der Waals surface area (Å²) < 4.78 is 0. The predicted molar refractivity (Wildman–Crippen MR) is 110 cm³/mol. The number of hydrogen-bond acceptors (Lipinski definition) is 7. The van der Waals surface area contributed by atoms with Gasteiger partial charge in [0, 0.05) is 37.9 Å². The fourth-order valence-electron chi connectivity index (χ4n) is 3.18. The predicted octanol–water partition coefficient (Wildman–Crippen LogP) is 2.54. The molecule has 4 heterocycles. The molecule has 0 radical (unpaired) electrons. The van der Waals surface area contributed by atoms with E-state index in [4.69, 9.17) is 0 Å². The Kier molecular flexibility index (Phi) is 5.12. The fraction of sp³-hybridized carbons (Fsp3) is 0.200. The minimum Gasteiger partial charge on any atom is -0.385 e. The number of anilines is 1. The number of carbonyl (C=O) groups excluding carboxylic acids is 2. The molecule has 1 fully saturated rings. The lowest BCUT2D eigenvalue weighted by molar-refractivity contribution is -0.115. The molecule has 28 heavy (non-hydrogen) atoms. The van der Waals surface area contributed by atoms with Crippen molar-refractivity contribution in [1.82, 2.24) is 20.6 Å². The first-order valence-corrected chi connectivity index (χ1v) is 9.73. The summed E-state index contributed by atoms with van der Waals surface area (Å²) in [6, 6.07) is 1.72. The van der Waals surface area contributed by atoms with Crippen molar-refractivity contribution in [3.8, 4) is 0 Å². The van der Waals surface area contributed by atoms with Crippen molar-refractivity contribution in [2.75, 3.05) is 24.5 Å². The van der Waals surface area contributed by atoms with E-state index in [1.54, 1.807) is 18.3 Å². The highest BCUT2D eigenvalue weighted by Crippen LogP contribution is 2.27. The minimum absolute atomic E-state index is 0.338. The summed E-state index contributed by atoms with van der Waals surface area (Å²) in [6.07, 6.45) is 12.2. The zero-order valence-corrected chi connectivity index (χ0v) is 16.0. The molecule has 8 heteroatoms. The van der Waals surface area contributed by atoms with Crippen molar-refractivity contribution in [3.05, 3.63) is 70.6 Å². The van der Waals surface area contributed by atoms with Gasteiger partial charge in [0.15, 0.2) is 0 Å². The Morgan fingerprint density at radius 2 is 2.18 bits per heavy atom.